The summed E-state index contributed by atoms with van der Waals surface area (Å²) in [6, 6.07) is 7.97. The quantitative estimate of drug-likeness (QED) is 0.749. The molecule has 0 unspecified atom stereocenters. The SMILES string of the molecule is COC(=O)c1ncsc1-c1cccc(C)c1. The molecule has 0 aliphatic carbocycles. The Balaban J connectivity index is 2.48. The molecule has 0 saturated carbocycles. The second-order valence-corrected chi connectivity index (χ2v) is 4.25. The maximum atomic E-state index is 11.5. The van der Waals surface area contributed by atoms with E-state index in [4.69, 9.17) is 4.74 Å². The number of aryl methyl sites for hydroxylation is 1. The van der Waals surface area contributed by atoms with E-state index in [-0.39, 0.29) is 0 Å². The van der Waals surface area contributed by atoms with Crippen LogP contribution >= 0.6 is 11.3 Å². The van der Waals surface area contributed by atoms with Gasteiger partial charge in [0.05, 0.1) is 17.5 Å². The third kappa shape index (κ3) is 1.97. The van der Waals surface area contributed by atoms with E-state index in [1.165, 1.54) is 18.4 Å². The van der Waals surface area contributed by atoms with Crippen molar-refractivity contribution in [2.45, 2.75) is 6.92 Å². The fraction of sp³-hybridized carbons (Fsp3) is 0.167. The summed E-state index contributed by atoms with van der Waals surface area (Å²) in [6.07, 6.45) is 0. The number of aromatic nitrogens is 1. The van der Waals surface area contributed by atoms with Crippen molar-refractivity contribution >= 4 is 17.3 Å². The van der Waals surface area contributed by atoms with Crippen LogP contribution in [0.15, 0.2) is 29.8 Å². The highest BCUT2D eigenvalue weighted by molar-refractivity contribution is 7.13. The molecule has 0 spiro atoms. The monoisotopic (exact) mass is 233 g/mol. The number of thiazole rings is 1. The van der Waals surface area contributed by atoms with E-state index in [1.807, 2.05) is 31.2 Å². The Kier molecular flexibility index (Phi) is 3.01. The first-order chi connectivity index (χ1) is 7.72. The average molecular weight is 233 g/mol. The Morgan fingerprint density at radius 3 is 2.94 bits per heavy atom. The minimum atomic E-state index is -0.391. The van der Waals surface area contributed by atoms with Crippen LogP contribution in [-0.2, 0) is 4.74 Å². The van der Waals surface area contributed by atoms with Gasteiger partial charge in [0.2, 0.25) is 0 Å². The number of rotatable bonds is 2. The smallest absolute Gasteiger partial charge is 0.358 e. The molecule has 0 atom stereocenters. The van der Waals surface area contributed by atoms with Gasteiger partial charge in [-0.25, -0.2) is 9.78 Å². The fourth-order valence-corrected chi connectivity index (χ4v) is 2.25. The number of methoxy groups -OCH3 is 1. The van der Waals surface area contributed by atoms with Crippen molar-refractivity contribution in [3.63, 3.8) is 0 Å². The minimum Gasteiger partial charge on any atom is -0.464 e. The fourth-order valence-electron chi connectivity index (χ4n) is 1.48. The van der Waals surface area contributed by atoms with Gasteiger partial charge in [0.25, 0.3) is 0 Å². The van der Waals surface area contributed by atoms with Gasteiger partial charge in [0, 0.05) is 0 Å². The van der Waals surface area contributed by atoms with Crippen LogP contribution in [-0.4, -0.2) is 18.1 Å². The minimum absolute atomic E-state index is 0.387. The van der Waals surface area contributed by atoms with Gasteiger partial charge in [-0.05, 0) is 12.5 Å². The maximum Gasteiger partial charge on any atom is 0.358 e. The Bertz CT molecular complexity index is 519. The molecular weight excluding hydrogens is 222 g/mol. The summed E-state index contributed by atoms with van der Waals surface area (Å²) in [5.74, 6) is -0.391. The van der Waals surface area contributed by atoms with Gasteiger partial charge in [-0.3, -0.25) is 0 Å². The third-order valence-corrected chi connectivity index (χ3v) is 3.10. The second-order valence-electron chi connectivity index (χ2n) is 3.39. The van der Waals surface area contributed by atoms with Crippen molar-refractivity contribution in [1.82, 2.24) is 4.98 Å². The highest BCUT2D eigenvalue weighted by atomic mass is 32.1. The predicted molar refractivity (Wildman–Crippen MR) is 63.6 cm³/mol. The summed E-state index contributed by atoms with van der Waals surface area (Å²) in [4.78, 5) is 16.4. The van der Waals surface area contributed by atoms with E-state index in [9.17, 15) is 4.79 Å². The molecule has 0 N–H and O–H groups in total. The molecule has 4 heteroatoms. The van der Waals surface area contributed by atoms with Crippen LogP contribution in [0.25, 0.3) is 10.4 Å². The number of hydrogen-bond acceptors (Lipinski definition) is 4. The van der Waals surface area contributed by atoms with Gasteiger partial charge in [-0.1, -0.05) is 29.8 Å². The van der Waals surface area contributed by atoms with E-state index < -0.39 is 5.97 Å². The van der Waals surface area contributed by atoms with E-state index >= 15 is 0 Å². The summed E-state index contributed by atoms with van der Waals surface area (Å²) in [7, 11) is 1.36. The number of ether oxygens (including phenoxy) is 1. The van der Waals surface area contributed by atoms with E-state index in [0.29, 0.717) is 5.69 Å². The topological polar surface area (TPSA) is 39.2 Å². The molecule has 3 nitrogen and oxygen atoms in total. The molecule has 0 aliphatic rings. The number of hydrogen-bond donors (Lipinski definition) is 0. The second kappa shape index (κ2) is 4.45. The number of carbonyl (C=O) groups excluding carboxylic acids is 1. The van der Waals surface area contributed by atoms with Crippen molar-refractivity contribution in [3.05, 3.63) is 41.0 Å². The number of esters is 1. The molecule has 1 aromatic carbocycles. The Morgan fingerprint density at radius 1 is 1.44 bits per heavy atom. The first-order valence-corrected chi connectivity index (χ1v) is 5.69. The van der Waals surface area contributed by atoms with E-state index in [0.717, 1.165) is 16.0 Å². The first-order valence-electron chi connectivity index (χ1n) is 4.81. The summed E-state index contributed by atoms with van der Waals surface area (Å²) >= 11 is 1.44. The van der Waals surface area contributed by atoms with Crippen LogP contribution in [0.1, 0.15) is 16.1 Å². The molecule has 0 amide bonds. The zero-order chi connectivity index (χ0) is 11.5. The van der Waals surface area contributed by atoms with Crippen molar-refractivity contribution in [1.29, 1.82) is 0 Å². The zero-order valence-corrected chi connectivity index (χ0v) is 9.88. The number of benzene rings is 1. The predicted octanol–water partition coefficient (Wildman–Crippen LogP) is 2.91. The van der Waals surface area contributed by atoms with Crippen LogP contribution in [0.4, 0.5) is 0 Å². The average Bonchev–Trinajstić information content (AvgIpc) is 2.77. The molecule has 0 bridgehead atoms. The molecule has 0 fully saturated rings. The van der Waals surface area contributed by atoms with E-state index in [2.05, 4.69) is 4.98 Å². The van der Waals surface area contributed by atoms with Crippen LogP contribution in [0.5, 0.6) is 0 Å². The molecule has 0 radical (unpaired) electrons. The largest absolute Gasteiger partial charge is 0.464 e. The van der Waals surface area contributed by atoms with Gasteiger partial charge in [0.15, 0.2) is 5.69 Å². The number of carbonyl (C=O) groups is 1. The van der Waals surface area contributed by atoms with Crippen molar-refractivity contribution < 1.29 is 9.53 Å². The summed E-state index contributed by atoms with van der Waals surface area (Å²) in [5, 5.41) is 0. The Labute approximate surface area is 97.7 Å². The van der Waals surface area contributed by atoms with Crippen LogP contribution in [0.3, 0.4) is 0 Å². The van der Waals surface area contributed by atoms with Crippen molar-refractivity contribution in [2.75, 3.05) is 7.11 Å². The lowest BCUT2D eigenvalue weighted by atomic mass is 10.1. The lowest BCUT2D eigenvalue weighted by molar-refractivity contribution is 0.0596. The number of nitrogens with zero attached hydrogens (tertiary/aromatic N) is 1. The van der Waals surface area contributed by atoms with Crippen molar-refractivity contribution in [3.8, 4) is 10.4 Å². The van der Waals surface area contributed by atoms with Crippen molar-refractivity contribution in [2.24, 2.45) is 0 Å². The standard InChI is InChI=1S/C12H11NO2S/c1-8-4-3-5-9(6-8)11-10(12(14)15-2)13-7-16-11/h3-7H,1-2H3. The van der Waals surface area contributed by atoms with Crippen LogP contribution in [0, 0.1) is 6.92 Å². The molecule has 1 heterocycles. The molecule has 2 aromatic rings. The summed E-state index contributed by atoms with van der Waals surface area (Å²) in [5.41, 5.74) is 4.20. The molecule has 16 heavy (non-hydrogen) atoms. The van der Waals surface area contributed by atoms with Gasteiger partial charge in [-0.15, -0.1) is 11.3 Å². The van der Waals surface area contributed by atoms with Gasteiger partial charge >= 0.3 is 5.97 Å². The normalized spacial score (nSPS) is 10.1. The van der Waals surface area contributed by atoms with Crippen LogP contribution in [0.2, 0.25) is 0 Å². The first kappa shape index (κ1) is 10.8. The third-order valence-electron chi connectivity index (χ3n) is 2.23. The molecule has 82 valence electrons. The maximum absolute atomic E-state index is 11.5. The molecule has 1 aromatic heterocycles. The van der Waals surface area contributed by atoms with Gasteiger partial charge in [0.1, 0.15) is 0 Å². The highest BCUT2D eigenvalue weighted by Gasteiger charge is 2.16. The van der Waals surface area contributed by atoms with E-state index in [1.54, 1.807) is 5.51 Å². The lowest BCUT2D eigenvalue weighted by Crippen LogP contribution is -2.02. The molecule has 0 saturated heterocycles. The summed E-state index contributed by atoms with van der Waals surface area (Å²) < 4.78 is 4.69. The molecule has 0 aliphatic heterocycles. The van der Waals surface area contributed by atoms with Gasteiger partial charge < -0.3 is 4.74 Å². The molecule has 2 rings (SSSR count). The summed E-state index contributed by atoms with van der Waals surface area (Å²) in [6.45, 7) is 2.02. The lowest BCUT2D eigenvalue weighted by Gasteiger charge is -2.01. The van der Waals surface area contributed by atoms with Crippen LogP contribution < -0.4 is 0 Å². The Hall–Kier alpha value is -1.68. The Morgan fingerprint density at radius 2 is 2.25 bits per heavy atom. The zero-order valence-electron chi connectivity index (χ0n) is 9.06. The van der Waals surface area contributed by atoms with Gasteiger partial charge in [-0.2, -0.15) is 0 Å². The molecular formula is C12H11NO2S. The highest BCUT2D eigenvalue weighted by Crippen LogP contribution is 2.28.